The fraction of sp³-hybridized carbons (Fsp3) is 0.625. The fourth-order valence-electron chi connectivity index (χ4n) is 3.72. The zero-order valence-electron chi connectivity index (χ0n) is 11.3. The van der Waals surface area contributed by atoms with Crippen molar-refractivity contribution in [1.82, 2.24) is 10.2 Å². The van der Waals surface area contributed by atoms with Crippen LogP contribution in [0.4, 0.5) is 0 Å². The molecule has 18 heavy (non-hydrogen) atoms. The molecule has 1 unspecified atom stereocenters. The normalized spacial score (nSPS) is 31.6. The lowest BCUT2D eigenvalue weighted by molar-refractivity contribution is 0.230. The zero-order valence-corrected chi connectivity index (χ0v) is 11.3. The Morgan fingerprint density at radius 2 is 1.94 bits per heavy atom. The Morgan fingerprint density at radius 3 is 2.72 bits per heavy atom. The second kappa shape index (κ2) is 5.41. The van der Waals surface area contributed by atoms with Crippen LogP contribution < -0.4 is 5.32 Å². The summed E-state index contributed by atoms with van der Waals surface area (Å²) in [5.74, 6) is 1.91. The maximum Gasteiger partial charge on any atom is 0.0233 e. The maximum absolute atomic E-state index is 3.55. The molecule has 2 aliphatic rings. The molecule has 0 radical (unpaired) electrons. The Kier molecular flexibility index (Phi) is 3.67. The van der Waals surface area contributed by atoms with E-state index in [0.29, 0.717) is 0 Å². The van der Waals surface area contributed by atoms with Crippen LogP contribution in [0.15, 0.2) is 30.3 Å². The first-order valence-electron chi connectivity index (χ1n) is 7.28. The van der Waals surface area contributed by atoms with E-state index in [0.717, 1.165) is 24.4 Å². The van der Waals surface area contributed by atoms with Gasteiger partial charge in [-0.2, -0.15) is 0 Å². The molecule has 1 heterocycles. The van der Waals surface area contributed by atoms with E-state index >= 15 is 0 Å². The molecule has 1 aromatic carbocycles. The van der Waals surface area contributed by atoms with Gasteiger partial charge in [0.25, 0.3) is 0 Å². The highest BCUT2D eigenvalue weighted by Gasteiger charge is 2.36. The van der Waals surface area contributed by atoms with Gasteiger partial charge in [-0.3, -0.25) is 4.90 Å². The molecule has 98 valence electrons. The number of rotatable bonds is 3. The minimum atomic E-state index is 0.792. The van der Waals surface area contributed by atoms with Gasteiger partial charge < -0.3 is 5.32 Å². The van der Waals surface area contributed by atoms with E-state index in [1.165, 1.54) is 37.9 Å². The number of hydrogen-bond acceptors (Lipinski definition) is 2. The minimum absolute atomic E-state index is 0.792. The highest BCUT2D eigenvalue weighted by Crippen LogP contribution is 2.38. The second-order valence-corrected chi connectivity index (χ2v) is 6.04. The van der Waals surface area contributed by atoms with Crippen molar-refractivity contribution < 1.29 is 0 Å². The third-order valence-electron chi connectivity index (χ3n) is 4.81. The van der Waals surface area contributed by atoms with Crippen LogP contribution in [0.2, 0.25) is 0 Å². The van der Waals surface area contributed by atoms with Crippen molar-refractivity contribution in [2.24, 2.45) is 11.8 Å². The monoisotopic (exact) mass is 244 g/mol. The van der Waals surface area contributed by atoms with Crippen LogP contribution >= 0.6 is 0 Å². The molecule has 1 aromatic rings. The van der Waals surface area contributed by atoms with E-state index < -0.39 is 0 Å². The standard InChI is InChI=1S/C16H24N2/c1-18(12-13-5-3-2-4-6-13)16-9-14-7-8-17-11-15(14)10-16/h2-6,14-17H,7-12H2,1H3/t14-,15-,16?/m1/s1. The Balaban J connectivity index is 1.58. The van der Waals surface area contributed by atoms with Gasteiger partial charge in [0.2, 0.25) is 0 Å². The summed E-state index contributed by atoms with van der Waals surface area (Å²) in [4.78, 5) is 2.56. The molecule has 2 heteroatoms. The largest absolute Gasteiger partial charge is 0.316 e. The summed E-state index contributed by atoms with van der Waals surface area (Å²) in [6.07, 6.45) is 4.19. The van der Waals surface area contributed by atoms with Gasteiger partial charge >= 0.3 is 0 Å². The van der Waals surface area contributed by atoms with Crippen molar-refractivity contribution in [2.45, 2.75) is 31.8 Å². The van der Waals surface area contributed by atoms with Gasteiger partial charge in [-0.1, -0.05) is 30.3 Å². The van der Waals surface area contributed by atoms with Crippen molar-refractivity contribution >= 4 is 0 Å². The summed E-state index contributed by atoms with van der Waals surface area (Å²) >= 11 is 0. The highest BCUT2D eigenvalue weighted by molar-refractivity contribution is 5.14. The summed E-state index contributed by atoms with van der Waals surface area (Å²) < 4.78 is 0. The number of hydrogen-bond donors (Lipinski definition) is 1. The van der Waals surface area contributed by atoms with Crippen LogP contribution in [0.5, 0.6) is 0 Å². The molecule has 1 aliphatic heterocycles. The first-order chi connectivity index (χ1) is 8.83. The lowest BCUT2D eigenvalue weighted by Gasteiger charge is -2.25. The van der Waals surface area contributed by atoms with Crippen LogP contribution in [0.1, 0.15) is 24.8 Å². The first kappa shape index (κ1) is 12.2. The maximum atomic E-state index is 3.55. The molecular weight excluding hydrogens is 220 g/mol. The average Bonchev–Trinajstić information content (AvgIpc) is 2.84. The number of benzene rings is 1. The lowest BCUT2D eigenvalue weighted by atomic mass is 9.90. The summed E-state index contributed by atoms with van der Waals surface area (Å²) in [5, 5.41) is 3.55. The summed E-state index contributed by atoms with van der Waals surface area (Å²) in [5.41, 5.74) is 1.44. The molecule has 1 saturated heterocycles. The molecule has 3 rings (SSSR count). The Bertz CT molecular complexity index is 362. The van der Waals surface area contributed by atoms with Crippen LogP contribution in [-0.2, 0) is 6.54 Å². The molecule has 3 atom stereocenters. The SMILES string of the molecule is CN(Cc1ccccc1)C1C[C@H]2CCNC[C@H]2C1. The third kappa shape index (κ3) is 2.60. The van der Waals surface area contributed by atoms with Crippen molar-refractivity contribution in [2.75, 3.05) is 20.1 Å². The molecule has 1 N–H and O–H groups in total. The van der Waals surface area contributed by atoms with Crippen molar-refractivity contribution in [3.63, 3.8) is 0 Å². The van der Waals surface area contributed by atoms with Gasteiger partial charge in [0, 0.05) is 12.6 Å². The molecule has 0 aromatic heterocycles. The first-order valence-corrected chi connectivity index (χ1v) is 7.28. The van der Waals surface area contributed by atoms with Crippen LogP contribution in [-0.4, -0.2) is 31.1 Å². The zero-order chi connectivity index (χ0) is 12.4. The Morgan fingerprint density at radius 1 is 1.17 bits per heavy atom. The number of nitrogens with one attached hydrogen (secondary N) is 1. The van der Waals surface area contributed by atoms with E-state index in [4.69, 9.17) is 0 Å². The van der Waals surface area contributed by atoms with Gasteiger partial charge in [-0.15, -0.1) is 0 Å². The molecule has 1 aliphatic carbocycles. The second-order valence-electron chi connectivity index (χ2n) is 6.04. The number of nitrogens with zero attached hydrogens (tertiary/aromatic N) is 1. The summed E-state index contributed by atoms with van der Waals surface area (Å²) in [6.45, 7) is 3.58. The van der Waals surface area contributed by atoms with Crippen LogP contribution in [0.25, 0.3) is 0 Å². The van der Waals surface area contributed by atoms with Crippen LogP contribution in [0.3, 0.4) is 0 Å². The lowest BCUT2D eigenvalue weighted by Crippen LogP contribution is -2.33. The number of fused-ring (bicyclic) bond motifs is 1. The average molecular weight is 244 g/mol. The van der Waals surface area contributed by atoms with Gasteiger partial charge in [-0.25, -0.2) is 0 Å². The van der Waals surface area contributed by atoms with Crippen molar-refractivity contribution in [3.05, 3.63) is 35.9 Å². The fourth-order valence-corrected chi connectivity index (χ4v) is 3.72. The third-order valence-corrected chi connectivity index (χ3v) is 4.81. The topological polar surface area (TPSA) is 15.3 Å². The van der Waals surface area contributed by atoms with E-state index in [9.17, 15) is 0 Å². The summed E-state index contributed by atoms with van der Waals surface area (Å²) in [6, 6.07) is 11.6. The van der Waals surface area contributed by atoms with E-state index in [-0.39, 0.29) is 0 Å². The predicted octanol–water partition coefficient (Wildman–Crippen LogP) is 2.51. The molecule has 0 spiro atoms. The van der Waals surface area contributed by atoms with E-state index in [1.54, 1.807) is 0 Å². The van der Waals surface area contributed by atoms with E-state index in [2.05, 4.69) is 47.6 Å². The molecule has 0 bridgehead atoms. The minimum Gasteiger partial charge on any atom is -0.316 e. The molecule has 2 fully saturated rings. The molecule has 0 amide bonds. The smallest absolute Gasteiger partial charge is 0.0233 e. The highest BCUT2D eigenvalue weighted by atomic mass is 15.1. The Hall–Kier alpha value is -0.860. The number of piperidine rings is 1. The van der Waals surface area contributed by atoms with Gasteiger partial charge in [-0.05, 0) is 56.8 Å². The molecule has 1 saturated carbocycles. The quantitative estimate of drug-likeness (QED) is 0.879. The van der Waals surface area contributed by atoms with Gasteiger partial charge in [0.15, 0.2) is 0 Å². The molecule has 2 nitrogen and oxygen atoms in total. The Labute approximate surface area is 110 Å². The van der Waals surface area contributed by atoms with Crippen molar-refractivity contribution in [1.29, 1.82) is 0 Å². The summed E-state index contributed by atoms with van der Waals surface area (Å²) in [7, 11) is 2.29. The van der Waals surface area contributed by atoms with Gasteiger partial charge in [0.1, 0.15) is 0 Å². The molecular formula is C16H24N2. The van der Waals surface area contributed by atoms with Gasteiger partial charge in [0.05, 0.1) is 0 Å². The predicted molar refractivity (Wildman–Crippen MR) is 75.4 cm³/mol. The van der Waals surface area contributed by atoms with Crippen LogP contribution in [0, 0.1) is 11.8 Å². The van der Waals surface area contributed by atoms with Crippen molar-refractivity contribution in [3.8, 4) is 0 Å². The van der Waals surface area contributed by atoms with E-state index in [1.807, 2.05) is 0 Å².